The Balaban J connectivity index is 0.00000180. The van der Waals surface area contributed by atoms with Crippen molar-refractivity contribution in [2.75, 3.05) is 20.2 Å². The maximum atomic E-state index is 12.7. The van der Waals surface area contributed by atoms with E-state index in [0.29, 0.717) is 24.3 Å². The minimum atomic E-state index is -0.589. The quantitative estimate of drug-likeness (QED) is 0.346. The smallest absolute Gasteiger partial charge is 0.316 e. The van der Waals surface area contributed by atoms with Crippen molar-refractivity contribution in [3.8, 4) is 0 Å². The summed E-state index contributed by atoms with van der Waals surface area (Å²) < 4.78 is 12.9. The summed E-state index contributed by atoms with van der Waals surface area (Å²) in [5.74, 6) is 0.00309. The van der Waals surface area contributed by atoms with E-state index in [1.54, 1.807) is 0 Å². The zero-order valence-electron chi connectivity index (χ0n) is 15.7. The number of likely N-dealkylation sites (N-methyl/N-ethyl adjacent to an activating group) is 1. The van der Waals surface area contributed by atoms with E-state index in [1.807, 2.05) is 30.3 Å². The Labute approximate surface area is 171 Å². The molecule has 2 bridgehead atoms. The van der Waals surface area contributed by atoms with Crippen LogP contribution >= 0.6 is 0 Å². The number of carbonyl (C=O) groups excluding carboxylic acids is 1. The van der Waals surface area contributed by atoms with Crippen LogP contribution < -0.4 is 17.0 Å². The van der Waals surface area contributed by atoms with Crippen LogP contribution in [0.2, 0.25) is 0 Å². The van der Waals surface area contributed by atoms with Crippen LogP contribution in [0.25, 0.3) is 0 Å². The number of halogens is 1. The number of esters is 1. The molecule has 1 aliphatic carbocycles. The number of piperidine rings is 1. The van der Waals surface area contributed by atoms with E-state index in [1.165, 1.54) is 19.4 Å². The molecule has 5 nitrogen and oxygen atoms in total. The Hall–Kier alpha value is -0.950. The molecule has 3 saturated heterocycles. The monoisotopic (exact) mass is 437 g/mol. The van der Waals surface area contributed by atoms with E-state index in [2.05, 4.69) is 7.05 Å². The Bertz CT molecular complexity index is 677. The van der Waals surface area contributed by atoms with Gasteiger partial charge in [0.1, 0.15) is 36.3 Å². The van der Waals surface area contributed by atoms with Gasteiger partial charge in [0.2, 0.25) is 0 Å². The highest BCUT2D eigenvalue weighted by Crippen LogP contribution is 2.54. The van der Waals surface area contributed by atoms with Crippen LogP contribution in [0.3, 0.4) is 0 Å². The lowest BCUT2D eigenvalue weighted by Crippen LogP contribution is -3.00. The van der Waals surface area contributed by atoms with Gasteiger partial charge in [-0.1, -0.05) is 30.3 Å². The number of epoxide rings is 1. The molecule has 0 amide bonds. The van der Waals surface area contributed by atoms with Crippen LogP contribution in [0.1, 0.15) is 37.2 Å². The third kappa shape index (κ3) is 3.35. The van der Waals surface area contributed by atoms with Crippen LogP contribution in [0.15, 0.2) is 30.3 Å². The minimum Gasteiger partial charge on any atom is -1.00 e. The number of aliphatic hydroxyl groups is 1. The second-order valence-corrected chi connectivity index (χ2v) is 8.85. The zero-order chi connectivity index (χ0) is 17.9. The van der Waals surface area contributed by atoms with Crippen molar-refractivity contribution >= 4 is 5.97 Å². The summed E-state index contributed by atoms with van der Waals surface area (Å²) in [5, 5.41) is 9.71. The zero-order valence-corrected chi connectivity index (χ0v) is 17.3. The second kappa shape index (κ2) is 7.14. The van der Waals surface area contributed by atoms with Crippen LogP contribution in [-0.2, 0) is 14.3 Å². The van der Waals surface area contributed by atoms with Gasteiger partial charge in [0, 0.05) is 18.8 Å². The fourth-order valence-corrected chi connectivity index (χ4v) is 5.53. The minimum absolute atomic E-state index is 0. The predicted octanol–water partition coefficient (Wildman–Crippen LogP) is -1.15. The maximum Gasteiger partial charge on any atom is 0.316 e. The number of hydrogen-bond donors (Lipinski definition) is 1. The van der Waals surface area contributed by atoms with E-state index in [9.17, 15) is 9.90 Å². The number of benzene rings is 1. The average molecular weight is 438 g/mol. The molecule has 0 radical (unpaired) electrons. The van der Waals surface area contributed by atoms with Crippen molar-refractivity contribution < 1.29 is 40.8 Å². The first-order chi connectivity index (χ1) is 12.6. The van der Waals surface area contributed by atoms with Gasteiger partial charge in [0.05, 0.1) is 20.2 Å². The van der Waals surface area contributed by atoms with Gasteiger partial charge in [-0.2, -0.15) is 0 Å². The Morgan fingerprint density at radius 1 is 1.22 bits per heavy atom. The molecule has 1 aromatic rings. The van der Waals surface area contributed by atoms with Gasteiger partial charge in [-0.3, -0.25) is 4.79 Å². The van der Waals surface area contributed by atoms with Crippen LogP contribution in [0.5, 0.6) is 0 Å². The van der Waals surface area contributed by atoms with Gasteiger partial charge in [-0.25, -0.2) is 0 Å². The fraction of sp³-hybridized carbons (Fsp3) is 0.667. The number of hydrogen-bond acceptors (Lipinski definition) is 4. The van der Waals surface area contributed by atoms with Gasteiger partial charge in [0.15, 0.2) is 0 Å². The number of morpholine rings is 1. The van der Waals surface area contributed by atoms with Crippen LogP contribution in [0.4, 0.5) is 0 Å². The number of nitrogens with zero attached hydrogens (tertiary/aromatic N) is 1. The molecule has 0 spiro atoms. The summed E-state index contributed by atoms with van der Waals surface area (Å²) in [6.45, 7) is 1.04. The van der Waals surface area contributed by atoms with Gasteiger partial charge in [-0.15, -0.1) is 0 Å². The molecule has 6 heteroatoms. The normalized spacial score (nSPS) is 39.9. The summed E-state index contributed by atoms with van der Waals surface area (Å²) in [6.07, 6.45) is 5.22. The van der Waals surface area contributed by atoms with Crippen LogP contribution in [-0.4, -0.2) is 66.2 Å². The third-order valence-electron chi connectivity index (χ3n) is 7.14. The summed E-state index contributed by atoms with van der Waals surface area (Å²) in [7, 11) is 2.39. The summed E-state index contributed by atoms with van der Waals surface area (Å²) in [4.78, 5) is 12.7. The lowest BCUT2D eigenvalue weighted by Gasteiger charge is -2.48. The van der Waals surface area contributed by atoms with E-state index in [4.69, 9.17) is 9.47 Å². The van der Waals surface area contributed by atoms with Gasteiger partial charge in [-0.05, 0) is 18.4 Å². The molecule has 1 saturated carbocycles. The highest BCUT2D eigenvalue weighted by molar-refractivity contribution is 5.78. The lowest BCUT2D eigenvalue weighted by atomic mass is 9.94. The van der Waals surface area contributed by atoms with Crippen molar-refractivity contribution in [3.63, 3.8) is 0 Å². The topological polar surface area (TPSA) is 59.1 Å². The lowest BCUT2D eigenvalue weighted by molar-refractivity contribution is -0.957. The van der Waals surface area contributed by atoms with Crippen molar-refractivity contribution in [2.45, 2.75) is 62.0 Å². The molecule has 5 atom stereocenters. The Kier molecular flexibility index (Phi) is 5.12. The molecule has 5 unspecified atom stereocenters. The van der Waals surface area contributed by atoms with Crippen molar-refractivity contribution in [2.24, 2.45) is 5.92 Å². The van der Waals surface area contributed by atoms with Gasteiger partial charge >= 0.3 is 5.97 Å². The molecule has 1 aromatic carbocycles. The molecule has 4 aliphatic rings. The molecule has 3 heterocycles. The number of carbonyl (C=O) groups is 1. The van der Waals surface area contributed by atoms with E-state index < -0.39 is 5.92 Å². The molecule has 0 aromatic heterocycles. The molecule has 4 fully saturated rings. The molecular formula is C21H28BrNO4. The fourth-order valence-electron chi connectivity index (χ4n) is 5.53. The Morgan fingerprint density at radius 2 is 1.85 bits per heavy atom. The van der Waals surface area contributed by atoms with E-state index in [-0.39, 0.29) is 35.7 Å². The number of quaternary nitrogens is 1. The second-order valence-electron chi connectivity index (χ2n) is 8.85. The number of fused-ring (bicyclic) bond motifs is 5. The number of aliphatic hydroxyl groups excluding tert-OH is 1. The average Bonchev–Trinajstić information content (AvgIpc) is 3.51. The molecule has 27 heavy (non-hydrogen) atoms. The van der Waals surface area contributed by atoms with E-state index in [0.717, 1.165) is 28.8 Å². The first kappa shape index (κ1) is 19.4. The third-order valence-corrected chi connectivity index (χ3v) is 7.14. The van der Waals surface area contributed by atoms with Crippen molar-refractivity contribution in [1.29, 1.82) is 0 Å². The highest BCUT2D eigenvalue weighted by atomic mass is 79.9. The first-order valence-corrected chi connectivity index (χ1v) is 9.97. The number of rotatable bonds is 6. The SMILES string of the molecule is C[N+]1(CC2CC2)C2CC(OC(=O)C(CO)c3ccccc3)CC1C1OC12.[Br-]. The molecule has 3 aliphatic heterocycles. The van der Waals surface area contributed by atoms with Gasteiger partial charge in [0.25, 0.3) is 0 Å². The largest absolute Gasteiger partial charge is 1.00 e. The highest BCUT2D eigenvalue weighted by Gasteiger charge is 2.72. The molecule has 148 valence electrons. The number of ether oxygens (including phenoxy) is 2. The molecule has 1 N–H and O–H groups in total. The summed E-state index contributed by atoms with van der Waals surface area (Å²) >= 11 is 0. The van der Waals surface area contributed by atoms with Crippen LogP contribution in [0, 0.1) is 5.92 Å². The van der Waals surface area contributed by atoms with Crippen molar-refractivity contribution in [3.05, 3.63) is 35.9 Å². The maximum absolute atomic E-state index is 12.7. The predicted molar refractivity (Wildman–Crippen MR) is 95.4 cm³/mol. The summed E-state index contributed by atoms with van der Waals surface area (Å²) in [6, 6.07) is 10.4. The standard InChI is InChI=1S/C21H28NO4.BrH/c1-22(11-13-7-8-13)17-9-15(10-18(22)20-19(17)26-20)25-21(24)16(12-23)14-5-3-2-4-6-14;/h2-6,13,15-20,23H,7-12H2,1H3;1H/q+1;/p-1. The summed E-state index contributed by atoms with van der Waals surface area (Å²) in [5.41, 5.74) is 0.819. The molecule has 5 rings (SSSR count). The van der Waals surface area contributed by atoms with Gasteiger partial charge < -0.3 is 36.0 Å². The Morgan fingerprint density at radius 3 is 2.41 bits per heavy atom. The first-order valence-electron chi connectivity index (χ1n) is 9.97. The van der Waals surface area contributed by atoms with Crippen molar-refractivity contribution in [1.82, 2.24) is 0 Å². The van der Waals surface area contributed by atoms with E-state index >= 15 is 0 Å². The molecular weight excluding hydrogens is 410 g/mol.